The Labute approximate surface area is 168 Å². The zero-order valence-electron chi connectivity index (χ0n) is 15.3. The molecule has 1 unspecified atom stereocenters. The fourth-order valence-corrected chi connectivity index (χ4v) is 2.71. The number of morpholine rings is 1. The van der Waals surface area contributed by atoms with E-state index >= 15 is 0 Å². The number of nitrogens with zero attached hydrogens (tertiary/aromatic N) is 5. The molecule has 0 aromatic carbocycles. The molecule has 1 aliphatic rings. The van der Waals surface area contributed by atoms with E-state index in [0.29, 0.717) is 6.20 Å². The van der Waals surface area contributed by atoms with Crippen molar-refractivity contribution in [3.63, 3.8) is 0 Å². The quantitative estimate of drug-likeness (QED) is 0.721. The number of aromatic nitrogens is 3. The molecule has 0 spiro atoms. The number of rotatable bonds is 5. The van der Waals surface area contributed by atoms with Gasteiger partial charge in [-0.25, -0.2) is 15.0 Å². The third kappa shape index (κ3) is 5.23. The number of amides is 1. The van der Waals surface area contributed by atoms with Gasteiger partial charge in [-0.1, -0.05) is 0 Å². The van der Waals surface area contributed by atoms with Crippen molar-refractivity contribution in [1.29, 1.82) is 5.26 Å². The topological polar surface area (TPSA) is 139 Å². The summed E-state index contributed by atoms with van der Waals surface area (Å²) in [6.07, 6.45) is -3.56. The van der Waals surface area contributed by atoms with E-state index in [0.717, 1.165) is 11.0 Å². The lowest BCUT2D eigenvalue weighted by molar-refractivity contribution is -0.269. The summed E-state index contributed by atoms with van der Waals surface area (Å²) in [5, 5.41) is 25.0. The van der Waals surface area contributed by atoms with Crippen molar-refractivity contribution in [2.75, 3.05) is 36.9 Å². The number of carboxylic acid groups (broad SMARTS) is 1. The average molecular weight is 422 g/mol. The summed E-state index contributed by atoms with van der Waals surface area (Å²) >= 11 is 0. The van der Waals surface area contributed by atoms with Gasteiger partial charge in [0, 0.05) is 31.9 Å². The molecule has 1 aliphatic heterocycles. The maximum atomic E-state index is 13.3. The van der Waals surface area contributed by atoms with Gasteiger partial charge < -0.3 is 30.2 Å². The maximum Gasteiger partial charge on any atom is 0.419 e. The molecule has 2 aromatic heterocycles. The van der Waals surface area contributed by atoms with Crippen LogP contribution in [-0.4, -0.2) is 58.3 Å². The highest BCUT2D eigenvalue weighted by Crippen LogP contribution is 2.35. The Morgan fingerprint density at radius 1 is 1.30 bits per heavy atom. The number of carbonyl (C=O) groups excluding carboxylic acids is 1. The van der Waals surface area contributed by atoms with Crippen molar-refractivity contribution in [1.82, 2.24) is 19.9 Å². The monoisotopic (exact) mass is 422 g/mol. The number of halogens is 3. The number of alkyl halides is 3. The predicted molar refractivity (Wildman–Crippen MR) is 94.5 cm³/mol. The van der Waals surface area contributed by atoms with E-state index in [-0.39, 0.29) is 49.3 Å². The first kappa shape index (κ1) is 21.1. The van der Waals surface area contributed by atoms with Gasteiger partial charge in [0.15, 0.2) is 5.69 Å². The standard InChI is InChI=1S/C17H16F3N7O3/c18-17(19,20)12-7-25-14(26-15-8-22-10(4-21)5-24-15)3-13(12)23-6-11-9-27(16(28)29)1-2-30-11/h3,5,7-8,11H,1-2,6,9H2,(H,28,29)(H2,23,24,25,26)/p-1. The Kier molecular flexibility index (Phi) is 6.17. The van der Waals surface area contributed by atoms with Gasteiger partial charge in [-0.3, -0.25) is 0 Å². The first-order chi connectivity index (χ1) is 14.3. The molecule has 0 bridgehead atoms. The van der Waals surface area contributed by atoms with E-state index in [1.54, 1.807) is 6.07 Å². The number of hydrogen-bond acceptors (Lipinski definition) is 9. The molecular weight excluding hydrogens is 407 g/mol. The van der Waals surface area contributed by atoms with Crippen molar-refractivity contribution in [3.05, 3.63) is 35.9 Å². The second-order valence-corrected chi connectivity index (χ2v) is 6.22. The first-order valence-electron chi connectivity index (χ1n) is 8.64. The summed E-state index contributed by atoms with van der Waals surface area (Å²) in [4.78, 5) is 23.5. The third-order valence-corrected chi connectivity index (χ3v) is 4.15. The number of ether oxygens (including phenoxy) is 1. The second kappa shape index (κ2) is 8.78. The normalized spacial score (nSPS) is 16.6. The van der Waals surface area contributed by atoms with Crippen molar-refractivity contribution in [3.8, 4) is 6.07 Å². The molecule has 0 radical (unpaired) electrons. The molecule has 1 saturated heterocycles. The number of nitriles is 1. The van der Waals surface area contributed by atoms with E-state index in [1.807, 2.05) is 0 Å². The van der Waals surface area contributed by atoms with Crippen LogP contribution in [0.5, 0.6) is 0 Å². The summed E-state index contributed by atoms with van der Waals surface area (Å²) in [5.74, 6) is 0.248. The minimum absolute atomic E-state index is 0.0201. The zero-order valence-corrected chi connectivity index (χ0v) is 15.3. The Balaban J connectivity index is 1.76. The highest BCUT2D eigenvalue weighted by atomic mass is 19.4. The molecular formula is C17H15F3N7O3-. The van der Waals surface area contributed by atoms with Gasteiger partial charge in [0.2, 0.25) is 0 Å². The van der Waals surface area contributed by atoms with Crippen LogP contribution in [0.2, 0.25) is 0 Å². The van der Waals surface area contributed by atoms with Gasteiger partial charge in [-0.2, -0.15) is 18.4 Å². The summed E-state index contributed by atoms with van der Waals surface area (Å²) < 4.78 is 45.4. The van der Waals surface area contributed by atoms with Gasteiger partial charge in [0.1, 0.15) is 23.8 Å². The summed E-state index contributed by atoms with van der Waals surface area (Å²) in [5.41, 5.74) is -1.18. The molecule has 3 rings (SSSR count). The van der Waals surface area contributed by atoms with Crippen molar-refractivity contribution in [2.24, 2.45) is 0 Å². The fraction of sp³-hybridized carbons (Fsp3) is 0.353. The van der Waals surface area contributed by atoms with Crippen LogP contribution in [0.15, 0.2) is 24.7 Å². The van der Waals surface area contributed by atoms with Gasteiger partial charge in [0.05, 0.1) is 36.4 Å². The van der Waals surface area contributed by atoms with E-state index in [2.05, 4.69) is 25.6 Å². The van der Waals surface area contributed by atoms with Crippen molar-refractivity contribution in [2.45, 2.75) is 12.3 Å². The largest absolute Gasteiger partial charge is 0.530 e. The van der Waals surface area contributed by atoms with Crippen LogP contribution in [0, 0.1) is 11.3 Å². The van der Waals surface area contributed by atoms with Crippen LogP contribution >= 0.6 is 0 Å². The minimum Gasteiger partial charge on any atom is -0.530 e. The Hall–Kier alpha value is -3.66. The zero-order chi connectivity index (χ0) is 21.7. The summed E-state index contributed by atoms with van der Waals surface area (Å²) in [6, 6.07) is 2.94. The van der Waals surface area contributed by atoms with Gasteiger partial charge in [-0.05, 0) is 0 Å². The van der Waals surface area contributed by atoms with Crippen molar-refractivity contribution < 1.29 is 27.8 Å². The van der Waals surface area contributed by atoms with Crippen LogP contribution in [0.25, 0.3) is 0 Å². The fourth-order valence-electron chi connectivity index (χ4n) is 2.71. The molecule has 158 valence electrons. The van der Waals surface area contributed by atoms with Crippen LogP contribution in [-0.2, 0) is 10.9 Å². The Bertz CT molecular complexity index is 947. The van der Waals surface area contributed by atoms with E-state index < -0.39 is 23.9 Å². The number of anilines is 3. The SMILES string of the molecule is N#Cc1cnc(Nc2cc(NCC3CN(C(=O)[O-])CCO3)c(C(F)(F)F)cn2)cn1. The number of nitrogens with one attached hydrogen (secondary N) is 2. The Morgan fingerprint density at radius 2 is 2.07 bits per heavy atom. The molecule has 30 heavy (non-hydrogen) atoms. The summed E-state index contributed by atoms with van der Waals surface area (Å²) in [7, 11) is 0. The van der Waals surface area contributed by atoms with E-state index in [1.165, 1.54) is 12.4 Å². The molecule has 1 atom stereocenters. The minimum atomic E-state index is -4.66. The highest BCUT2D eigenvalue weighted by molar-refractivity contribution is 5.63. The molecule has 10 nitrogen and oxygen atoms in total. The molecule has 2 N–H and O–H groups in total. The van der Waals surface area contributed by atoms with E-state index in [9.17, 15) is 23.1 Å². The van der Waals surface area contributed by atoms with Gasteiger partial charge >= 0.3 is 6.18 Å². The summed E-state index contributed by atoms with van der Waals surface area (Å²) in [6.45, 7) is 0.176. The molecule has 1 fully saturated rings. The smallest absolute Gasteiger partial charge is 0.419 e. The molecule has 0 saturated carbocycles. The lowest BCUT2D eigenvalue weighted by Gasteiger charge is -2.34. The molecule has 0 aliphatic carbocycles. The van der Waals surface area contributed by atoms with Crippen LogP contribution in [0.3, 0.4) is 0 Å². The highest BCUT2D eigenvalue weighted by Gasteiger charge is 2.34. The average Bonchev–Trinajstić information content (AvgIpc) is 2.72. The lowest BCUT2D eigenvalue weighted by atomic mass is 10.2. The first-order valence-corrected chi connectivity index (χ1v) is 8.64. The van der Waals surface area contributed by atoms with Crippen molar-refractivity contribution >= 4 is 23.4 Å². The maximum absolute atomic E-state index is 13.3. The Morgan fingerprint density at radius 3 is 2.70 bits per heavy atom. The van der Waals surface area contributed by atoms with Crippen LogP contribution in [0.1, 0.15) is 11.3 Å². The van der Waals surface area contributed by atoms with Crippen LogP contribution in [0.4, 0.5) is 35.3 Å². The van der Waals surface area contributed by atoms with Crippen LogP contribution < -0.4 is 15.7 Å². The van der Waals surface area contributed by atoms with E-state index in [4.69, 9.17) is 10.00 Å². The molecule has 2 aromatic rings. The van der Waals surface area contributed by atoms with Gasteiger partial charge in [-0.15, -0.1) is 0 Å². The van der Waals surface area contributed by atoms with Gasteiger partial charge in [0.25, 0.3) is 0 Å². The third-order valence-electron chi connectivity index (χ3n) is 4.15. The number of hydrogen-bond donors (Lipinski definition) is 2. The number of pyridine rings is 1. The lowest BCUT2D eigenvalue weighted by Crippen LogP contribution is -2.52. The second-order valence-electron chi connectivity index (χ2n) is 6.22. The number of carbonyl (C=O) groups is 1. The molecule has 3 heterocycles. The molecule has 1 amide bonds. The predicted octanol–water partition coefficient (Wildman–Crippen LogP) is 0.962. The molecule has 13 heteroatoms.